The van der Waals surface area contributed by atoms with E-state index < -0.39 is 10.2 Å². The summed E-state index contributed by atoms with van der Waals surface area (Å²) in [5.41, 5.74) is 0.422. The van der Waals surface area contributed by atoms with Crippen molar-refractivity contribution in [2.75, 3.05) is 24.9 Å². The quantitative estimate of drug-likeness (QED) is 0.688. The first-order chi connectivity index (χ1) is 9.94. The third kappa shape index (κ3) is 4.44. The minimum absolute atomic E-state index is 0.0103. The molecule has 1 aromatic rings. The van der Waals surface area contributed by atoms with Gasteiger partial charge in [0.1, 0.15) is 0 Å². The van der Waals surface area contributed by atoms with Crippen molar-refractivity contribution >= 4 is 50.1 Å². The highest BCUT2D eigenvalue weighted by atomic mass is 127. The van der Waals surface area contributed by atoms with Crippen molar-refractivity contribution in [2.45, 2.75) is 25.3 Å². The number of nitrogens with zero attached hydrogens (tertiary/aromatic N) is 1. The molecule has 2 N–H and O–H groups in total. The van der Waals surface area contributed by atoms with Gasteiger partial charge in [0, 0.05) is 22.7 Å². The van der Waals surface area contributed by atoms with Gasteiger partial charge >= 0.3 is 10.2 Å². The van der Waals surface area contributed by atoms with E-state index >= 15 is 0 Å². The Balaban J connectivity index is 2.20. The topological polar surface area (TPSA) is 61.4 Å². The minimum atomic E-state index is -3.59. The van der Waals surface area contributed by atoms with E-state index in [2.05, 4.69) is 32.6 Å². The summed E-state index contributed by atoms with van der Waals surface area (Å²) in [6, 6.07) is 5.25. The second kappa shape index (κ2) is 7.45. The first kappa shape index (κ1) is 17.3. The summed E-state index contributed by atoms with van der Waals surface area (Å²) in [6.45, 7) is 1.20. The van der Waals surface area contributed by atoms with Gasteiger partial charge in [0.05, 0.1) is 10.7 Å². The minimum Gasteiger partial charge on any atom is -0.318 e. The Hall–Kier alpha value is -0.0900. The van der Waals surface area contributed by atoms with Crippen LogP contribution in [-0.2, 0) is 10.2 Å². The molecular formula is C13H19ClIN3O2S. The van der Waals surface area contributed by atoms with E-state index in [4.69, 9.17) is 11.6 Å². The molecule has 0 aliphatic carbocycles. The average molecular weight is 444 g/mol. The second-order valence-electron chi connectivity index (χ2n) is 5.05. The van der Waals surface area contributed by atoms with Crippen LogP contribution in [0.25, 0.3) is 0 Å². The molecule has 5 nitrogen and oxygen atoms in total. The van der Waals surface area contributed by atoms with Crippen molar-refractivity contribution < 1.29 is 8.42 Å². The lowest BCUT2D eigenvalue weighted by Crippen LogP contribution is -2.49. The molecule has 1 fully saturated rings. The average Bonchev–Trinajstić information content (AvgIpc) is 2.43. The van der Waals surface area contributed by atoms with Crippen molar-refractivity contribution in [1.82, 2.24) is 9.62 Å². The van der Waals surface area contributed by atoms with Crippen molar-refractivity contribution in [1.29, 1.82) is 0 Å². The Bertz CT molecular complexity index is 595. The van der Waals surface area contributed by atoms with Crippen LogP contribution in [0.2, 0.25) is 5.02 Å². The third-order valence-electron chi connectivity index (χ3n) is 3.49. The Morgan fingerprint density at radius 1 is 1.43 bits per heavy atom. The lowest BCUT2D eigenvalue weighted by Gasteiger charge is -2.34. The highest BCUT2D eigenvalue weighted by molar-refractivity contribution is 14.1. The molecule has 0 saturated carbocycles. The van der Waals surface area contributed by atoms with Gasteiger partial charge in [-0.05, 0) is 60.7 Å². The van der Waals surface area contributed by atoms with Gasteiger partial charge in [-0.15, -0.1) is 0 Å². The highest BCUT2D eigenvalue weighted by Crippen LogP contribution is 2.27. The zero-order valence-corrected chi connectivity index (χ0v) is 15.5. The second-order valence-corrected chi connectivity index (χ2v) is 8.33. The van der Waals surface area contributed by atoms with Gasteiger partial charge < -0.3 is 5.32 Å². The third-order valence-corrected chi connectivity index (χ3v) is 6.05. The maximum atomic E-state index is 12.6. The number of hydrogen-bond donors (Lipinski definition) is 2. The SMILES string of the molecule is CNCC1CCCCN1S(=O)(=O)Nc1ccc(I)cc1Cl. The van der Waals surface area contributed by atoms with Crippen molar-refractivity contribution in [2.24, 2.45) is 0 Å². The lowest BCUT2D eigenvalue weighted by atomic mass is 10.1. The van der Waals surface area contributed by atoms with Crippen LogP contribution in [0.15, 0.2) is 18.2 Å². The predicted octanol–water partition coefficient (Wildman–Crippen LogP) is 2.68. The summed E-state index contributed by atoms with van der Waals surface area (Å²) in [5, 5.41) is 3.47. The van der Waals surface area contributed by atoms with Crippen LogP contribution in [0.3, 0.4) is 0 Å². The van der Waals surface area contributed by atoms with Crippen LogP contribution in [0.1, 0.15) is 19.3 Å². The number of rotatable bonds is 5. The molecule has 1 atom stereocenters. The van der Waals surface area contributed by atoms with E-state index in [0.717, 1.165) is 22.8 Å². The van der Waals surface area contributed by atoms with Crippen LogP contribution >= 0.6 is 34.2 Å². The number of likely N-dealkylation sites (N-methyl/N-ethyl adjacent to an activating group) is 1. The molecule has 1 aliphatic rings. The van der Waals surface area contributed by atoms with Crippen LogP contribution in [0.4, 0.5) is 5.69 Å². The largest absolute Gasteiger partial charge is 0.318 e. The zero-order chi connectivity index (χ0) is 15.5. The Kier molecular flexibility index (Phi) is 6.13. The first-order valence-electron chi connectivity index (χ1n) is 6.83. The number of nitrogens with one attached hydrogen (secondary N) is 2. The molecule has 1 unspecified atom stereocenters. The van der Waals surface area contributed by atoms with Crippen molar-refractivity contribution in [3.63, 3.8) is 0 Å². The number of anilines is 1. The molecule has 1 aliphatic heterocycles. The van der Waals surface area contributed by atoms with E-state index in [-0.39, 0.29) is 6.04 Å². The molecule has 2 rings (SSSR count). The van der Waals surface area contributed by atoms with Crippen molar-refractivity contribution in [3.8, 4) is 0 Å². The van der Waals surface area contributed by atoms with Gasteiger partial charge in [0.15, 0.2) is 0 Å². The molecule has 0 bridgehead atoms. The van der Waals surface area contributed by atoms with Gasteiger partial charge in [-0.1, -0.05) is 18.0 Å². The number of piperidine rings is 1. The molecule has 0 radical (unpaired) electrons. The van der Waals surface area contributed by atoms with Gasteiger partial charge in [0.2, 0.25) is 0 Å². The van der Waals surface area contributed by atoms with Crippen LogP contribution < -0.4 is 10.0 Å². The van der Waals surface area contributed by atoms with Gasteiger partial charge in [-0.3, -0.25) is 4.72 Å². The van der Waals surface area contributed by atoms with Crippen LogP contribution in [-0.4, -0.2) is 38.9 Å². The fourth-order valence-corrected chi connectivity index (χ4v) is 4.97. The monoisotopic (exact) mass is 443 g/mol. The molecule has 1 heterocycles. The van der Waals surface area contributed by atoms with Gasteiger partial charge in [-0.25, -0.2) is 0 Å². The summed E-state index contributed by atoms with van der Waals surface area (Å²) in [6.07, 6.45) is 2.83. The van der Waals surface area contributed by atoms with E-state index in [0.29, 0.717) is 23.8 Å². The molecular weight excluding hydrogens is 425 g/mol. The Labute approximate surface area is 144 Å². The van der Waals surface area contributed by atoms with Gasteiger partial charge in [-0.2, -0.15) is 12.7 Å². The normalized spacial score (nSPS) is 20.4. The summed E-state index contributed by atoms with van der Waals surface area (Å²) in [5.74, 6) is 0. The molecule has 21 heavy (non-hydrogen) atoms. The fourth-order valence-electron chi connectivity index (χ4n) is 2.50. The Morgan fingerprint density at radius 3 is 2.86 bits per heavy atom. The summed E-state index contributed by atoms with van der Waals surface area (Å²) in [4.78, 5) is 0. The lowest BCUT2D eigenvalue weighted by molar-refractivity contribution is 0.250. The fraction of sp³-hybridized carbons (Fsp3) is 0.538. The smallest absolute Gasteiger partial charge is 0.301 e. The standard InChI is InChI=1S/C13H19ClIN3O2S/c1-16-9-11-4-2-3-7-18(11)21(19,20)17-13-6-5-10(15)8-12(13)14/h5-6,8,11,16-17H,2-4,7,9H2,1H3. The van der Waals surface area contributed by atoms with E-state index in [1.807, 2.05) is 13.1 Å². The predicted molar refractivity (Wildman–Crippen MR) is 95.0 cm³/mol. The zero-order valence-electron chi connectivity index (χ0n) is 11.8. The van der Waals surface area contributed by atoms with Gasteiger partial charge in [0.25, 0.3) is 0 Å². The first-order valence-corrected chi connectivity index (χ1v) is 9.73. The summed E-state index contributed by atoms with van der Waals surface area (Å²) >= 11 is 8.25. The maximum Gasteiger partial charge on any atom is 0.301 e. The van der Waals surface area contributed by atoms with E-state index in [1.165, 1.54) is 0 Å². The van der Waals surface area contributed by atoms with Crippen molar-refractivity contribution in [3.05, 3.63) is 26.8 Å². The highest BCUT2D eigenvalue weighted by Gasteiger charge is 2.32. The number of hydrogen-bond acceptors (Lipinski definition) is 3. The molecule has 1 saturated heterocycles. The molecule has 0 spiro atoms. The summed E-state index contributed by atoms with van der Waals surface area (Å²) in [7, 11) is -1.75. The Morgan fingerprint density at radius 2 is 2.19 bits per heavy atom. The molecule has 0 aromatic heterocycles. The van der Waals surface area contributed by atoms with E-state index in [1.54, 1.807) is 16.4 Å². The molecule has 118 valence electrons. The molecule has 1 aromatic carbocycles. The number of halogens is 2. The number of benzene rings is 1. The molecule has 8 heteroatoms. The molecule has 0 amide bonds. The van der Waals surface area contributed by atoms with Crippen LogP contribution in [0.5, 0.6) is 0 Å². The summed E-state index contributed by atoms with van der Waals surface area (Å²) < 4.78 is 30.3. The maximum absolute atomic E-state index is 12.6. The van der Waals surface area contributed by atoms with E-state index in [9.17, 15) is 8.42 Å². The van der Waals surface area contributed by atoms with Crippen LogP contribution in [0, 0.1) is 3.57 Å².